The van der Waals surface area contributed by atoms with Gasteiger partial charge in [0.15, 0.2) is 10.7 Å². The third-order valence-corrected chi connectivity index (χ3v) is 7.09. The predicted octanol–water partition coefficient (Wildman–Crippen LogP) is 2.81. The summed E-state index contributed by atoms with van der Waals surface area (Å²) in [5.41, 5.74) is 0. The summed E-state index contributed by atoms with van der Waals surface area (Å²) in [5.74, 6) is -0.704. The third-order valence-electron chi connectivity index (χ3n) is 5.13. The molecule has 1 aromatic heterocycles. The maximum absolute atomic E-state index is 14.1. The van der Waals surface area contributed by atoms with E-state index in [1.165, 1.54) is 4.31 Å². The highest BCUT2D eigenvalue weighted by molar-refractivity contribution is 7.89. The van der Waals surface area contributed by atoms with Gasteiger partial charge < -0.3 is 4.57 Å². The van der Waals surface area contributed by atoms with Gasteiger partial charge in [-0.1, -0.05) is 12.5 Å². The number of rotatable bonds is 3. The summed E-state index contributed by atoms with van der Waals surface area (Å²) in [6.07, 6.45) is 5.10. The molecule has 0 saturated carbocycles. The lowest BCUT2D eigenvalue weighted by Crippen LogP contribution is -2.33. The van der Waals surface area contributed by atoms with E-state index in [4.69, 9.17) is 0 Å². The van der Waals surface area contributed by atoms with Crippen molar-refractivity contribution in [2.24, 2.45) is 0 Å². The second-order valence-electron chi connectivity index (χ2n) is 6.76. The van der Waals surface area contributed by atoms with Crippen LogP contribution in [0.4, 0.5) is 8.78 Å². The first-order chi connectivity index (χ1) is 12.5. The van der Waals surface area contributed by atoms with E-state index in [-0.39, 0.29) is 6.54 Å². The van der Waals surface area contributed by atoms with Gasteiger partial charge in [0, 0.05) is 19.5 Å². The molecule has 9 heteroatoms. The fourth-order valence-corrected chi connectivity index (χ4v) is 5.65. The Labute approximate surface area is 150 Å². The number of aryl methyl sites for hydroxylation is 1. The molecular formula is C17H20F2N4O2S. The van der Waals surface area contributed by atoms with Crippen molar-refractivity contribution in [3.63, 3.8) is 0 Å². The summed E-state index contributed by atoms with van der Waals surface area (Å²) in [7, 11) is -4.31. The van der Waals surface area contributed by atoms with Crippen LogP contribution < -0.4 is 0 Å². The molecule has 4 rings (SSSR count). The molecule has 1 fully saturated rings. The molecule has 1 aromatic carbocycles. The van der Waals surface area contributed by atoms with Crippen LogP contribution in [0.3, 0.4) is 0 Å². The molecule has 2 aromatic rings. The lowest BCUT2D eigenvalue weighted by Gasteiger charge is -2.24. The Morgan fingerprint density at radius 3 is 2.54 bits per heavy atom. The maximum atomic E-state index is 14.1. The summed E-state index contributed by atoms with van der Waals surface area (Å²) in [4.78, 5) is -0.887. The van der Waals surface area contributed by atoms with Crippen LogP contribution in [0.25, 0.3) is 0 Å². The Kier molecular flexibility index (Phi) is 4.52. The zero-order chi connectivity index (χ0) is 18.3. The second kappa shape index (κ2) is 6.70. The van der Waals surface area contributed by atoms with Crippen molar-refractivity contribution >= 4 is 10.0 Å². The van der Waals surface area contributed by atoms with E-state index in [0.717, 1.165) is 56.3 Å². The van der Waals surface area contributed by atoms with Gasteiger partial charge in [-0.05, 0) is 37.8 Å². The van der Waals surface area contributed by atoms with Crippen molar-refractivity contribution in [2.75, 3.05) is 6.54 Å². The van der Waals surface area contributed by atoms with E-state index in [1.807, 2.05) is 4.57 Å². The molecule has 1 saturated heterocycles. The van der Waals surface area contributed by atoms with E-state index in [2.05, 4.69) is 10.2 Å². The highest BCUT2D eigenvalue weighted by atomic mass is 32.2. The Balaban J connectivity index is 1.75. The molecule has 3 heterocycles. The van der Waals surface area contributed by atoms with Crippen LogP contribution in [0, 0.1) is 11.6 Å². The number of benzene rings is 1. The first-order valence-electron chi connectivity index (χ1n) is 8.88. The summed E-state index contributed by atoms with van der Waals surface area (Å²) in [6, 6.07) is 2.54. The normalized spacial score (nSPS) is 21.5. The van der Waals surface area contributed by atoms with Gasteiger partial charge >= 0.3 is 0 Å². The van der Waals surface area contributed by atoms with Crippen molar-refractivity contribution in [3.8, 4) is 0 Å². The zero-order valence-corrected chi connectivity index (χ0v) is 15.1. The first-order valence-corrected chi connectivity index (χ1v) is 10.3. The standard InChI is InChI=1S/C17H20F2N4O2S/c18-12-6-4-7-13(19)16(12)26(24,25)23-11-5-8-14(23)17-21-20-15-9-2-1-3-10-22(15)17/h4,6-7,14H,1-3,5,8-11H2. The van der Waals surface area contributed by atoms with E-state index in [0.29, 0.717) is 18.7 Å². The van der Waals surface area contributed by atoms with E-state index in [1.54, 1.807) is 0 Å². The summed E-state index contributed by atoms with van der Waals surface area (Å²) >= 11 is 0. The van der Waals surface area contributed by atoms with Crippen molar-refractivity contribution in [3.05, 3.63) is 41.5 Å². The van der Waals surface area contributed by atoms with Crippen LogP contribution in [0.2, 0.25) is 0 Å². The number of halogens is 2. The molecule has 2 aliphatic rings. The monoisotopic (exact) mass is 382 g/mol. The Bertz CT molecular complexity index is 909. The molecule has 1 unspecified atom stereocenters. The van der Waals surface area contributed by atoms with Crippen LogP contribution in [-0.4, -0.2) is 34.0 Å². The zero-order valence-electron chi connectivity index (χ0n) is 14.2. The number of fused-ring (bicyclic) bond motifs is 1. The van der Waals surface area contributed by atoms with Gasteiger partial charge in [-0.15, -0.1) is 10.2 Å². The third kappa shape index (κ3) is 2.83. The number of aromatic nitrogens is 3. The van der Waals surface area contributed by atoms with Crippen molar-refractivity contribution in [2.45, 2.75) is 56.0 Å². The summed E-state index contributed by atoms with van der Waals surface area (Å²) in [6.45, 7) is 0.957. The maximum Gasteiger partial charge on any atom is 0.249 e. The lowest BCUT2D eigenvalue weighted by atomic mass is 10.2. The lowest BCUT2D eigenvalue weighted by molar-refractivity contribution is 0.365. The molecule has 26 heavy (non-hydrogen) atoms. The van der Waals surface area contributed by atoms with E-state index in [9.17, 15) is 17.2 Å². The van der Waals surface area contributed by atoms with Gasteiger partial charge in [-0.2, -0.15) is 4.31 Å². The number of hydrogen-bond donors (Lipinski definition) is 0. The highest BCUT2D eigenvalue weighted by Crippen LogP contribution is 2.37. The highest BCUT2D eigenvalue weighted by Gasteiger charge is 2.41. The van der Waals surface area contributed by atoms with Gasteiger partial charge in [0.25, 0.3) is 0 Å². The average molecular weight is 382 g/mol. The van der Waals surface area contributed by atoms with E-state index < -0.39 is 32.6 Å². The molecule has 2 aliphatic heterocycles. The van der Waals surface area contributed by atoms with Gasteiger partial charge in [-0.25, -0.2) is 17.2 Å². The van der Waals surface area contributed by atoms with Gasteiger partial charge in [-0.3, -0.25) is 0 Å². The fraction of sp³-hybridized carbons (Fsp3) is 0.529. The van der Waals surface area contributed by atoms with Gasteiger partial charge in [0.1, 0.15) is 17.5 Å². The minimum Gasteiger partial charge on any atom is -0.314 e. The van der Waals surface area contributed by atoms with Crippen LogP contribution in [0.15, 0.2) is 23.1 Å². The average Bonchev–Trinajstić information content (AvgIpc) is 3.16. The van der Waals surface area contributed by atoms with Crippen molar-refractivity contribution in [1.29, 1.82) is 0 Å². The molecule has 0 bridgehead atoms. The van der Waals surface area contributed by atoms with Gasteiger partial charge in [0.05, 0.1) is 6.04 Å². The topological polar surface area (TPSA) is 68.1 Å². The Hall–Kier alpha value is -1.87. The quantitative estimate of drug-likeness (QED) is 0.819. The molecule has 1 atom stereocenters. The van der Waals surface area contributed by atoms with Crippen molar-refractivity contribution in [1.82, 2.24) is 19.1 Å². The first kappa shape index (κ1) is 17.5. The summed E-state index contributed by atoms with van der Waals surface area (Å²) in [5, 5.41) is 8.47. The van der Waals surface area contributed by atoms with Crippen molar-refractivity contribution < 1.29 is 17.2 Å². The van der Waals surface area contributed by atoms with Crippen LogP contribution >= 0.6 is 0 Å². The minimum absolute atomic E-state index is 0.211. The predicted molar refractivity (Wildman–Crippen MR) is 89.8 cm³/mol. The smallest absolute Gasteiger partial charge is 0.249 e. The van der Waals surface area contributed by atoms with Crippen LogP contribution in [0.1, 0.15) is 49.8 Å². The molecule has 0 aliphatic carbocycles. The summed E-state index contributed by atoms with van der Waals surface area (Å²) < 4.78 is 57.4. The number of hydrogen-bond acceptors (Lipinski definition) is 4. The van der Waals surface area contributed by atoms with E-state index >= 15 is 0 Å². The molecule has 0 spiro atoms. The SMILES string of the molecule is O=S(=O)(c1c(F)cccc1F)N1CCCC1c1nnc2n1CCCCC2. The molecular weight excluding hydrogens is 362 g/mol. The molecule has 0 amide bonds. The number of nitrogens with zero attached hydrogens (tertiary/aromatic N) is 4. The fourth-order valence-electron chi connectivity index (χ4n) is 3.89. The Morgan fingerprint density at radius 1 is 1.00 bits per heavy atom. The largest absolute Gasteiger partial charge is 0.314 e. The van der Waals surface area contributed by atoms with Gasteiger partial charge in [0.2, 0.25) is 10.0 Å². The minimum atomic E-state index is -4.31. The van der Waals surface area contributed by atoms with Crippen LogP contribution in [0.5, 0.6) is 0 Å². The Morgan fingerprint density at radius 2 is 1.77 bits per heavy atom. The number of sulfonamides is 1. The van der Waals surface area contributed by atoms with Crippen LogP contribution in [-0.2, 0) is 23.0 Å². The molecule has 6 nitrogen and oxygen atoms in total. The molecule has 0 radical (unpaired) electrons. The second-order valence-corrected chi connectivity index (χ2v) is 8.59. The molecule has 140 valence electrons. The molecule has 0 N–H and O–H groups in total.